The number of nitrogens with zero attached hydrogens (tertiary/aromatic N) is 2. The van der Waals surface area contributed by atoms with Crippen LogP contribution in [-0.2, 0) is 0 Å². The molecule has 0 aliphatic carbocycles. The average molecular weight is 391 g/mol. The summed E-state index contributed by atoms with van der Waals surface area (Å²) in [5.74, 6) is 3.80. The van der Waals surface area contributed by atoms with Gasteiger partial charge in [0.15, 0.2) is 11.5 Å². The molecule has 6 nitrogen and oxygen atoms in total. The van der Waals surface area contributed by atoms with Crippen molar-refractivity contribution in [3.63, 3.8) is 0 Å². The summed E-state index contributed by atoms with van der Waals surface area (Å²) in [5, 5.41) is 6.55. The lowest BCUT2D eigenvalue weighted by Gasteiger charge is -2.10. The summed E-state index contributed by atoms with van der Waals surface area (Å²) in [6.07, 6.45) is 0. The maximum Gasteiger partial charge on any atom is 0.231 e. The Kier molecular flexibility index (Phi) is 4.02. The van der Waals surface area contributed by atoms with Crippen molar-refractivity contribution in [2.75, 3.05) is 19.2 Å². The third-order valence-corrected chi connectivity index (χ3v) is 5.45. The van der Waals surface area contributed by atoms with Crippen LogP contribution in [0.2, 0.25) is 0 Å². The summed E-state index contributed by atoms with van der Waals surface area (Å²) >= 11 is 1.61. The molecule has 1 aliphatic rings. The Bertz CT molecular complexity index is 1170. The molecule has 1 N–H and O–H groups in total. The van der Waals surface area contributed by atoms with Crippen molar-refractivity contribution in [2.45, 2.75) is 6.92 Å². The van der Waals surface area contributed by atoms with Gasteiger partial charge in [0.1, 0.15) is 22.2 Å². The zero-order valence-corrected chi connectivity index (χ0v) is 16.2. The highest BCUT2D eigenvalue weighted by molar-refractivity contribution is 7.17. The predicted octanol–water partition coefficient (Wildman–Crippen LogP) is 5.15. The first-order valence-electron chi connectivity index (χ1n) is 8.78. The quantitative estimate of drug-likeness (QED) is 0.519. The second-order valence-electron chi connectivity index (χ2n) is 6.37. The van der Waals surface area contributed by atoms with E-state index in [9.17, 15) is 0 Å². The molecular formula is C21H17N3O3S. The Hall–Kier alpha value is -3.32. The fourth-order valence-corrected chi connectivity index (χ4v) is 4.23. The van der Waals surface area contributed by atoms with Crippen LogP contribution in [0.15, 0.2) is 47.8 Å². The maximum atomic E-state index is 5.48. The van der Waals surface area contributed by atoms with Gasteiger partial charge in [0.25, 0.3) is 0 Å². The molecule has 0 saturated carbocycles. The maximum absolute atomic E-state index is 5.48. The van der Waals surface area contributed by atoms with Gasteiger partial charge < -0.3 is 19.5 Å². The number of thiophene rings is 1. The number of anilines is 2. The van der Waals surface area contributed by atoms with E-state index in [2.05, 4.69) is 20.7 Å². The number of aryl methyl sites for hydroxylation is 1. The Morgan fingerprint density at radius 1 is 1.04 bits per heavy atom. The van der Waals surface area contributed by atoms with Crippen LogP contribution in [0.4, 0.5) is 11.5 Å². The smallest absolute Gasteiger partial charge is 0.231 e. The fourth-order valence-electron chi connectivity index (χ4n) is 3.23. The van der Waals surface area contributed by atoms with Gasteiger partial charge >= 0.3 is 0 Å². The Morgan fingerprint density at radius 2 is 1.86 bits per heavy atom. The zero-order chi connectivity index (χ0) is 19.1. The molecule has 0 atom stereocenters. The summed E-state index contributed by atoms with van der Waals surface area (Å²) < 4.78 is 16.1. The molecule has 0 amide bonds. The Balaban J connectivity index is 1.60. The molecule has 140 valence electrons. The monoisotopic (exact) mass is 391 g/mol. The van der Waals surface area contributed by atoms with Gasteiger partial charge in [-0.2, -0.15) is 0 Å². The lowest BCUT2D eigenvalue weighted by atomic mass is 10.1. The van der Waals surface area contributed by atoms with Crippen molar-refractivity contribution in [1.82, 2.24) is 9.97 Å². The number of methoxy groups -OCH3 is 1. The van der Waals surface area contributed by atoms with E-state index in [1.807, 2.05) is 49.4 Å². The molecule has 0 fully saturated rings. The van der Waals surface area contributed by atoms with E-state index in [-0.39, 0.29) is 6.79 Å². The number of rotatable bonds is 4. The first-order chi connectivity index (χ1) is 13.7. The largest absolute Gasteiger partial charge is 0.497 e. The molecule has 28 heavy (non-hydrogen) atoms. The zero-order valence-electron chi connectivity index (χ0n) is 15.4. The number of aromatic nitrogens is 2. The second kappa shape index (κ2) is 6.69. The predicted molar refractivity (Wildman–Crippen MR) is 110 cm³/mol. The molecule has 0 radical (unpaired) electrons. The molecule has 0 spiro atoms. The number of ether oxygens (including phenoxy) is 3. The standard InChI is InChI=1S/C21H17N3O3S/c1-12-22-20(24-14-5-8-17-18(9-14)27-11-26-17)19-16(10-28-21(19)23-12)13-3-6-15(25-2)7-4-13/h3-10H,11H2,1-2H3,(H,22,23,24). The van der Waals surface area contributed by atoms with Crippen LogP contribution < -0.4 is 19.5 Å². The van der Waals surface area contributed by atoms with Gasteiger partial charge in [-0.1, -0.05) is 12.1 Å². The first-order valence-corrected chi connectivity index (χ1v) is 9.66. The molecule has 2 aromatic carbocycles. The molecule has 5 rings (SSSR count). The van der Waals surface area contributed by atoms with Gasteiger partial charge in [-0.3, -0.25) is 0 Å². The highest BCUT2D eigenvalue weighted by atomic mass is 32.1. The minimum absolute atomic E-state index is 0.252. The summed E-state index contributed by atoms with van der Waals surface area (Å²) in [4.78, 5) is 10.2. The van der Waals surface area contributed by atoms with Crippen LogP contribution in [0.5, 0.6) is 17.2 Å². The number of hydrogen-bond acceptors (Lipinski definition) is 7. The third kappa shape index (κ3) is 2.90. The van der Waals surface area contributed by atoms with Crippen molar-refractivity contribution in [2.24, 2.45) is 0 Å². The fraction of sp³-hybridized carbons (Fsp3) is 0.143. The first kappa shape index (κ1) is 16.8. The van der Waals surface area contributed by atoms with Crippen molar-refractivity contribution in [3.05, 3.63) is 53.7 Å². The molecule has 0 saturated heterocycles. The number of nitrogens with one attached hydrogen (secondary N) is 1. The van der Waals surface area contributed by atoms with Gasteiger partial charge in [0.05, 0.1) is 12.5 Å². The molecule has 4 aromatic rings. The summed E-state index contributed by atoms with van der Waals surface area (Å²) in [5.41, 5.74) is 3.06. The highest BCUT2D eigenvalue weighted by Gasteiger charge is 2.17. The topological polar surface area (TPSA) is 65.5 Å². The number of fused-ring (bicyclic) bond motifs is 2. The van der Waals surface area contributed by atoms with Gasteiger partial charge in [0.2, 0.25) is 6.79 Å². The summed E-state index contributed by atoms with van der Waals surface area (Å²) in [7, 11) is 1.67. The average Bonchev–Trinajstić information content (AvgIpc) is 3.34. The van der Waals surface area contributed by atoms with Crippen molar-refractivity contribution >= 4 is 33.1 Å². The molecular weight excluding hydrogens is 374 g/mol. The van der Waals surface area contributed by atoms with E-state index in [1.54, 1.807) is 18.4 Å². The summed E-state index contributed by atoms with van der Waals surface area (Å²) in [6, 6.07) is 13.8. The van der Waals surface area contributed by atoms with Crippen LogP contribution in [0.1, 0.15) is 5.82 Å². The van der Waals surface area contributed by atoms with E-state index in [1.165, 1.54) is 0 Å². The molecule has 0 unspecified atom stereocenters. The lowest BCUT2D eigenvalue weighted by Crippen LogP contribution is -1.98. The van der Waals surface area contributed by atoms with E-state index in [4.69, 9.17) is 14.2 Å². The van der Waals surface area contributed by atoms with Gasteiger partial charge in [-0.25, -0.2) is 9.97 Å². The minimum Gasteiger partial charge on any atom is -0.497 e. The number of hydrogen-bond donors (Lipinski definition) is 1. The third-order valence-electron chi connectivity index (χ3n) is 4.58. The van der Waals surface area contributed by atoms with Crippen LogP contribution in [-0.4, -0.2) is 23.9 Å². The van der Waals surface area contributed by atoms with E-state index in [0.717, 1.165) is 55.9 Å². The van der Waals surface area contributed by atoms with Crippen molar-refractivity contribution in [3.8, 4) is 28.4 Å². The number of benzene rings is 2. The molecule has 2 aromatic heterocycles. The van der Waals surface area contributed by atoms with E-state index < -0.39 is 0 Å². The molecule has 3 heterocycles. The second-order valence-corrected chi connectivity index (χ2v) is 7.23. The molecule has 0 bridgehead atoms. The van der Waals surface area contributed by atoms with Crippen molar-refractivity contribution < 1.29 is 14.2 Å². The molecule has 7 heteroatoms. The van der Waals surface area contributed by atoms with Gasteiger partial charge in [-0.15, -0.1) is 11.3 Å². The van der Waals surface area contributed by atoms with Crippen molar-refractivity contribution in [1.29, 1.82) is 0 Å². The van der Waals surface area contributed by atoms with Crippen LogP contribution in [0, 0.1) is 6.92 Å². The molecule has 1 aliphatic heterocycles. The van der Waals surface area contributed by atoms with E-state index >= 15 is 0 Å². The SMILES string of the molecule is COc1ccc(-c2csc3nc(C)nc(Nc4ccc5c(c4)OCO5)c23)cc1. The lowest BCUT2D eigenvalue weighted by molar-refractivity contribution is 0.174. The normalized spacial score (nSPS) is 12.4. The van der Waals surface area contributed by atoms with Crippen LogP contribution in [0.25, 0.3) is 21.3 Å². The Morgan fingerprint density at radius 3 is 2.68 bits per heavy atom. The van der Waals surface area contributed by atoms with Gasteiger partial charge in [0, 0.05) is 22.7 Å². The minimum atomic E-state index is 0.252. The van der Waals surface area contributed by atoms with Crippen LogP contribution >= 0.6 is 11.3 Å². The Labute approximate surface area is 165 Å². The highest BCUT2D eigenvalue weighted by Crippen LogP contribution is 2.40. The van der Waals surface area contributed by atoms with Crippen LogP contribution in [0.3, 0.4) is 0 Å². The van der Waals surface area contributed by atoms with E-state index in [0.29, 0.717) is 0 Å². The summed E-state index contributed by atoms with van der Waals surface area (Å²) in [6.45, 7) is 2.15. The van der Waals surface area contributed by atoms with Gasteiger partial charge in [-0.05, 0) is 36.8 Å².